The average Bonchev–Trinajstić information content (AvgIpc) is 2.81. The van der Waals surface area contributed by atoms with E-state index in [1.165, 1.54) is 0 Å². The van der Waals surface area contributed by atoms with E-state index in [0.29, 0.717) is 12.1 Å². The van der Waals surface area contributed by atoms with Crippen LogP contribution in [0.4, 0.5) is 0 Å². The van der Waals surface area contributed by atoms with Gasteiger partial charge in [-0.3, -0.25) is 4.79 Å². The summed E-state index contributed by atoms with van der Waals surface area (Å²) in [5.74, 6) is 0.874. The quantitative estimate of drug-likeness (QED) is 0.849. The smallest absolute Gasteiger partial charge is 0.257 e. The van der Waals surface area contributed by atoms with Crippen LogP contribution in [0.3, 0.4) is 0 Å². The van der Waals surface area contributed by atoms with Crippen LogP contribution >= 0.6 is 12.4 Å². The average molecular weight is 271 g/mol. The highest BCUT2D eigenvalue weighted by atomic mass is 35.5. The number of fused-ring (bicyclic) bond motifs is 2. The van der Waals surface area contributed by atoms with Gasteiger partial charge < -0.3 is 14.6 Å². The lowest BCUT2D eigenvalue weighted by molar-refractivity contribution is 0.0678. The fourth-order valence-electron chi connectivity index (χ4n) is 3.06. The first-order valence-electron chi connectivity index (χ1n) is 6.35. The summed E-state index contributed by atoms with van der Waals surface area (Å²) in [5.41, 5.74) is 0.726. The van der Waals surface area contributed by atoms with Crippen molar-refractivity contribution in [2.24, 2.45) is 0 Å². The topological polar surface area (TPSA) is 45.5 Å². The van der Waals surface area contributed by atoms with Crippen molar-refractivity contribution in [2.75, 3.05) is 13.1 Å². The van der Waals surface area contributed by atoms with Crippen molar-refractivity contribution in [3.05, 3.63) is 23.7 Å². The predicted molar refractivity (Wildman–Crippen MR) is 71.2 cm³/mol. The van der Waals surface area contributed by atoms with Crippen LogP contribution in [0.25, 0.3) is 0 Å². The Bertz CT molecular complexity index is 418. The molecule has 2 fully saturated rings. The van der Waals surface area contributed by atoms with Crippen LogP contribution in [-0.4, -0.2) is 36.0 Å². The van der Waals surface area contributed by atoms with E-state index >= 15 is 0 Å². The first-order valence-corrected chi connectivity index (χ1v) is 6.35. The number of carbonyl (C=O) groups excluding carboxylic acids is 1. The second-order valence-electron chi connectivity index (χ2n) is 4.98. The summed E-state index contributed by atoms with van der Waals surface area (Å²) in [7, 11) is 0. The third-order valence-corrected chi connectivity index (χ3v) is 3.98. The van der Waals surface area contributed by atoms with Crippen molar-refractivity contribution >= 4 is 18.3 Å². The molecule has 3 rings (SSSR count). The van der Waals surface area contributed by atoms with Gasteiger partial charge in [-0.15, -0.1) is 12.4 Å². The fraction of sp³-hybridized carbons (Fsp3) is 0.615. The summed E-state index contributed by atoms with van der Waals surface area (Å²) in [5, 5.41) is 3.41. The Morgan fingerprint density at radius 1 is 1.39 bits per heavy atom. The Morgan fingerprint density at radius 3 is 2.89 bits per heavy atom. The minimum absolute atomic E-state index is 0. The zero-order valence-electron chi connectivity index (χ0n) is 10.5. The molecule has 0 aliphatic carbocycles. The van der Waals surface area contributed by atoms with Crippen LogP contribution in [0, 0.1) is 6.92 Å². The molecular formula is C13H19ClN2O2. The summed E-state index contributed by atoms with van der Waals surface area (Å²) in [6, 6.07) is 2.57. The molecule has 1 amide bonds. The highest BCUT2D eigenvalue weighted by Gasteiger charge is 2.38. The van der Waals surface area contributed by atoms with Crippen LogP contribution < -0.4 is 5.32 Å². The molecule has 1 aromatic heterocycles. The molecule has 2 unspecified atom stereocenters. The number of nitrogens with zero attached hydrogens (tertiary/aromatic N) is 1. The molecule has 2 aliphatic heterocycles. The second kappa shape index (κ2) is 5.33. The minimum Gasteiger partial charge on any atom is -0.469 e. The zero-order chi connectivity index (χ0) is 11.8. The Balaban J connectivity index is 0.00000120. The predicted octanol–water partition coefficient (Wildman–Crippen LogP) is 1.98. The normalized spacial score (nSPS) is 26.6. The van der Waals surface area contributed by atoms with Crippen molar-refractivity contribution in [2.45, 2.75) is 38.3 Å². The number of aryl methyl sites for hydroxylation is 1. The molecule has 3 heterocycles. The van der Waals surface area contributed by atoms with E-state index < -0.39 is 0 Å². The van der Waals surface area contributed by atoms with Crippen molar-refractivity contribution in [3.8, 4) is 0 Å². The number of nitrogens with one attached hydrogen (secondary N) is 1. The number of rotatable bonds is 1. The fourth-order valence-corrected chi connectivity index (χ4v) is 3.06. The molecule has 5 heteroatoms. The van der Waals surface area contributed by atoms with Gasteiger partial charge in [-0.05, 0) is 38.8 Å². The van der Waals surface area contributed by atoms with Gasteiger partial charge >= 0.3 is 0 Å². The van der Waals surface area contributed by atoms with Gasteiger partial charge in [0.1, 0.15) is 5.76 Å². The molecule has 0 spiro atoms. The van der Waals surface area contributed by atoms with Gasteiger partial charge in [-0.1, -0.05) is 0 Å². The van der Waals surface area contributed by atoms with Crippen LogP contribution in [0.1, 0.15) is 35.4 Å². The lowest BCUT2D eigenvalue weighted by Crippen LogP contribution is -2.42. The monoisotopic (exact) mass is 270 g/mol. The van der Waals surface area contributed by atoms with Crippen molar-refractivity contribution in [1.29, 1.82) is 0 Å². The molecule has 4 nitrogen and oxygen atoms in total. The maximum atomic E-state index is 12.5. The highest BCUT2D eigenvalue weighted by Crippen LogP contribution is 2.30. The maximum absolute atomic E-state index is 12.5. The summed E-state index contributed by atoms with van der Waals surface area (Å²) in [4.78, 5) is 14.6. The van der Waals surface area contributed by atoms with Crippen molar-refractivity contribution in [1.82, 2.24) is 10.2 Å². The van der Waals surface area contributed by atoms with Crippen molar-refractivity contribution in [3.63, 3.8) is 0 Å². The molecule has 1 N–H and O–H groups in total. The summed E-state index contributed by atoms with van der Waals surface area (Å²) in [6.07, 6.45) is 4.94. The molecule has 2 bridgehead atoms. The van der Waals surface area contributed by atoms with Gasteiger partial charge in [-0.2, -0.15) is 0 Å². The zero-order valence-corrected chi connectivity index (χ0v) is 11.3. The van der Waals surface area contributed by atoms with Crippen LogP contribution in [0.15, 0.2) is 16.7 Å². The molecule has 2 saturated heterocycles. The maximum Gasteiger partial charge on any atom is 0.257 e. The molecule has 1 aromatic rings. The van der Waals surface area contributed by atoms with E-state index in [2.05, 4.69) is 10.2 Å². The number of hydrogen-bond donors (Lipinski definition) is 1. The van der Waals surface area contributed by atoms with Gasteiger partial charge in [0.05, 0.1) is 11.8 Å². The van der Waals surface area contributed by atoms with Gasteiger partial charge in [-0.25, -0.2) is 0 Å². The van der Waals surface area contributed by atoms with E-state index in [-0.39, 0.29) is 18.3 Å². The van der Waals surface area contributed by atoms with E-state index in [1.54, 1.807) is 12.3 Å². The molecule has 2 aliphatic rings. The van der Waals surface area contributed by atoms with Crippen molar-refractivity contribution < 1.29 is 9.21 Å². The third kappa shape index (κ3) is 2.15. The van der Waals surface area contributed by atoms with Gasteiger partial charge in [0.2, 0.25) is 0 Å². The number of furan rings is 1. The SMILES string of the molecule is Cc1occc1C(=O)N1C2CCNCC1CC2.Cl. The first-order chi connectivity index (χ1) is 8.27. The van der Waals surface area contributed by atoms with E-state index in [0.717, 1.165) is 43.7 Å². The summed E-state index contributed by atoms with van der Waals surface area (Å²) < 4.78 is 5.24. The van der Waals surface area contributed by atoms with E-state index in [4.69, 9.17) is 4.42 Å². The van der Waals surface area contributed by atoms with E-state index in [1.807, 2.05) is 6.92 Å². The number of amides is 1. The third-order valence-electron chi connectivity index (χ3n) is 3.98. The second-order valence-corrected chi connectivity index (χ2v) is 4.98. The first kappa shape index (κ1) is 13.4. The molecule has 100 valence electrons. The molecule has 0 saturated carbocycles. The Labute approximate surface area is 113 Å². The van der Waals surface area contributed by atoms with E-state index in [9.17, 15) is 4.79 Å². The largest absolute Gasteiger partial charge is 0.469 e. The van der Waals surface area contributed by atoms with Gasteiger partial charge in [0.25, 0.3) is 5.91 Å². The van der Waals surface area contributed by atoms with Crippen LogP contribution in [0.2, 0.25) is 0 Å². The minimum atomic E-state index is 0. The number of carbonyl (C=O) groups is 1. The van der Waals surface area contributed by atoms with Gasteiger partial charge in [0.15, 0.2) is 0 Å². The molecule has 0 aromatic carbocycles. The Kier molecular flexibility index (Phi) is 3.97. The number of halogens is 1. The highest BCUT2D eigenvalue weighted by molar-refractivity contribution is 5.95. The van der Waals surface area contributed by atoms with Crippen LogP contribution in [-0.2, 0) is 0 Å². The standard InChI is InChI=1S/C13H18N2O2.ClH/c1-9-12(5-7-17-9)13(16)15-10-2-3-11(15)8-14-6-4-10;/h5,7,10-11,14H,2-4,6,8H2,1H3;1H. The molecule has 0 radical (unpaired) electrons. The summed E-state index contributed by atoms with van der Waals surface area (Å²) >= 11 is 0. The molecule has 2 atom stereocenters. The Morgan fingerprint density at radius 2 is 2.17 bits per heavy atom. The lowest BCUT2D eigenvalue weighted by Gasteiger charge is -2.27. The molecule has 18 heavy (non-hydrogen) atoms. The van der Waals surface area contributed by atoms with Crippen LogP contribution in [0.5, 0.6) is 0 Å². The number of hydrogen-bond acceptors (Lipinski definition) is 3. The Hall–Kier alpha value is -1.00. The summed E-state index contributed by atoms with van der Waals surface area (Å²) in [6.45, 7) is 3.81. The van der Waals surface area contributed by atoms with Gasteiger partial charge in [0, 0.05) is 18.6 Å². The lowest BCUT2D eigenvalue weighted by atomic mass is 10.1. The molecular weight excluding hydrogens is 252 g/mol.